The number of rotatable bonds is 2. The summed E-state index contributed by atoms with van der Waals surface area (Å²) in [5, 5.41) is 0. The van der Waals surface area contributed by atoms with Crippen LogP contribution >= 0.6 is 0 Å². The number of nitrogens with zero attached hydrogens (tertiary/aromatic N) is 2. The average Bonchev–Trinajstić information content (AvgIpc) is 1.27. The Kier molecular flexibility index (Phi) is 2.96. The molecular weight excluding hydrogens is 88.1 g/mol. The van der Waals surface area contributed by atoms with Crippen LogP contribution in [0.1, 0.15) is 0 Å². The van der Waals surface area contributed by atoms with Crippen molar-refractivity contribution >= 4 is 0 Å². The molecule has 0 saturated heterocycles. The smallest absolute Gasteiger partial charge is 0.0415 e. The van der Waals surface area contributed by atoms with Crippen molar-refractivity contribution in [1.29, 1.82) is 0 Å². The summed E-state index contributed by atoms with van der Waals surface area (Å²) in [6.45, 7) is 2.00. The molecule has 0 aromatic carbocycles. The van der Waals surface area contributed by atoms with Crippen LogP contribution in [-0.2, 0) is 0 Å². The highest BCUT2D eigenvalue weighted by atomic mass is 15.2. The van der Waals surface area contributed by atoms with Crippen LogP contribution in [0, 0.1) is 6.67 Å². The number of hydrogen-bond donors (Lipinski definition) is 0. The number of hydrogen-bond acceptors (Lipinski definition) is 2. The highest BCUT2D eigenvalue weighted by molar-refractivity contribution is 4.53. The maximum atomic E-state index is 2.00. The largest absolute Gasteiger partial charge is 0.448 e. The van der Waals surface area contributed by atoms with Crippen LogP contribution in [0.25, 0.3) is 0 Å². The zero-order valence-electron chi connectivity index (χ0n) is 5.47. The molecule has 0 fully saturated rings. The molecule has 7 heavy (non-hydrogen) atoms. The Labute approximate surface area is 45.7 Å². The zero-order valence-corrected chi connectivity index (χ0v) is 5.47. The lowest BCUT2D eigenvalue weighted by Gasteiger charge is -2.29. The quantitative estimate of drug-likeness (QED) is 0.459. The van der Waals surface area contributed by atoms with Gasteiger partial charge in [-0.2, -0.15) is 0 Å². The van der Waals surface area contributed by atoms with Gasteiger partial charge in [0.1, 0.15) is 0 Å². The molecule has 0 spiro atoms. The Morgan fingerprint density at radius 3 is 1.14 bits per heavy atom. The Bertz CT molecular complexity index is 35.3. The highest BCUT2D eigenvalue weighted by Gasteiger charge is 1.73. The molecule has 0 aliphatic carbocycles. The summed E-state index contributed by atoms with van der Waals surface area (Å²) in [7, 11) is 8.00. The molecule has 0 aromatic heterocycles. The van der Waals surface area contributed by atoms with Gasteiger partial charge in [-0.25, -0.2) is 6.67 Å². The molecule has 2 heteroatoms. The molecule has 0 rings (SSSR count). The summed E-state index contributed by atoms with van der Waals surface area (Å²) in [6, 6.07) is 0. The molecule has 0 atom stereocenters. The fraction of sp³-hybridized carbons (Fsp3) is 0.800. The summed E-state index contributed by atoms with van der Waals surface area (Å²) >= 11 is 0. The van der Waals surface area contributed by atoms with Crippen molar-refractivity contribution in [2.24, 2.45) is 0 Å². The van der Waals surface area contributed by atoms with Crippen molar-refractivity contribution in [1.82, 2.24) is 9.80 Å². The van der Waals surface area contributed by atoms with E-state index in [-0.39, 0.29) is 0 Å². The van der Waals surface area contributed by atoms with Gasteiger partial charge < -0.3 is 9.80 Å². The zero-order chi connectivity index (χ0) is 5.86. The van der Waals surface area contributed by atoms with Crippen LogP contribution < -0.4 is 0 Å². The first kappa shape index (κ1) is 6.92. The van der Waals surface area contributed by atoms with E-state index >= 15 is 0 Å². The second-order valence-electron chi connectivity index (χ2n) is 2.04. The van der Waals surface area contributed by atoms with Gasteiger partial charge in [0.15, 0.2) is 0 Å². The van der Waals surface area contributed by atoms with Crippen LogP contribution in [0.4, 0.5) is 0 Å². The van der Waals surface area contributed by atoms with E-state index in [4.69, 9.17) is 0 Å². The van der Waals surface area contributed by atoms with Crippen molar-refractivity contribution in [3.05, 3.63) is 6.67 Å². The van der Waals surface area contributed by atoms with Crippen LogP contribution in [0.5, 0.6) is 0 Å². The third-order valence-corrected chi connectivity index (χ3v) is 0.462. The summed E-state index contributed by atoms with van der Waals surface area (Å²) in [5.41, 5.74) is 0. The Morgan fingerprint density at radius 1 is 0.857 bits per heavy atom. The van der Waals surface area contributed by atoms with Gasteiger partial charge in [0, 0.05) is 0 Å². The Hall–Kier alpha value is -0.0800. The fourth-order valence-electron chi connectivity index (χ4n) is 0.462. The molecule has 0 bridgehead atoms. The predicted octanol–water partition coefficient (Wildman–Crippen LogP) is 0.229. The lowest BCUT2D eigenvalue weighted by Crippen LogP contribution is -2.20. The molecule has 0 heterocycles. The topological polar surface area (TPSA) is 6.48 Å². The molecule has 2 nitrogen and oxygen atoms in total. The summed E-state index contributed by atoms with van der Waals surface area (Å²) < 4.78 is 0. The van der Waals surface area contributed by atoms with Gasteiger partial charge in [-0.15, -0.1) is 0 Å². The van der Waals surface area contributed by atoms with E-state index in [9.17, 15) is 0 Å². The minimum Gasteiger partial charge on any atom is -0.448 e. The lowest BCUT2D eigenvalue weighted by molar-refractivity contribution is 0.329. The first-order valence-electron chi connectivity index (χ1n) is 2.31. The first-order chi connectivity index (χ1) is 3.13. The van der Waals surface area contributed by atoms with Crippen molar-refractivity contribution in [2.75, 3.05) is 28.2 Å². The van der Waals surface area contributed by atoms with Gasteiger partial charge in [0.2, 0.25) is 0 Å². The van der Waals surface area contributed by atoms with E-state index in [0.29, 0.717) is 0 Å². The molecule has 0 aliphatic rings. The van der Waals surface area contributed by atoms with Crippen LogP contribution in [0.2, 0.25) is 0 Å². The lowest BCUT2D eigenvalue weighted by atomic mass is 10.8. The summed E-state index contributed by atoms with van der Waals surface area (Å²) in [6.07, 6.45) is 0. The monoisotopic (exact) mass is 101 g/mol. The Balaban J connectivity index is 2.95. The molecule has 0 N–H and O–H groups in total. The minimum atomic E-state index is 2.00. The molecule has 0 radical (unpaired) electrons. The second-order valence-corrected chi connectivity index (χ2v) is 2.04. The third kappa shape index (κ3) is 5.92. The standard InChI is InChI=1S/C5H13N2/c1-6(2)5-7(3)4/h5H,1-4H3/q-1. The van der Waals surface area contributed by atoms with E-state index in [0.717, 1.165) is 0 Å². The summed E-state index contributed by atoms with van der Waals surface area (Å²) in [4.78, 5) is 4.00. The van der Waals surface area contributed by atoms with Crippen molar-refractivity contribution in [3.8, 4) is 0 Å². The van der Waals surface area contributed by atoms with Gasteiger partial charge in [0.25, 0.3) is 0 Å². The average molecular weight is 101 g/mol. The SMILES string of the molecule is CN(C)[CH-]N(C)C. The molecule has 0 aromatic rings. The van der Waals surface area contributed by atoms with E-state index in [1.807, 2.05) is 44.7 Å². The molecular formula is C5H13N2-. The van der Waals surface area contributed by atoms with Crippen LogP contribution in [-0.4, -0.2) is 38.0 Å². The third-order valence-electron chi connectivity index (χ3n) is 0.462. The maximum absolute atomic E-state index is 2.00. The Morgan fingerprint density at radius 2 is 1.14 bits per heavy atom. The van der Waals surface area contributed by atoms with E-state index in [1.54, 1.807) is 0 Å². The van der Waals surface area contributed by atoms with Crippen molar-refractivity contribution in [3.63, 3.8) is 0 Å². The van der Waals surface area contributed by atoms with Crippen molar-refractivity contribution in [2.45, 2.75) is 0 Å². The second kappa shape index (κ2) is 2.99. The highest BCUT2D eigenvalue weighted by Crippen LogP contribution is 1.82. The molecule has 44 valence electrons. The molecule has 0 amide bonds. The molecule has 0 unspecified atom stereocenters. The van der Waals surface area contributed by atoms with Crippen LogP contribution in [0.15, 0.2) is 0 Å². The van der Waals surface area contributed by atoms with Gasteiger partial charge in [-0.3, -0.25) is 0 Å². The first-order valence-corrected chi connectivity index (χ1v) is 2.31. The van der Waals surface area contributed by atoms with Gasteiger partial charge >= 0.3 is 0 Å². The predicted molar refractivity (Wildman–Crippen MR) is 31.7 cm³/mol. The molecule has 0 saturated carbocycles. The van der Waals surface area contributed by atoms with Crippen LogP contribution in [0.3, 0.4) is 0 Å². The maximum Gasteiger partial charge on any atom is -0.0415 e. The van der Waals surface area contributed by atoms with Gasteiger partial charge in [0.05, 0.1) is 0 Å². The van der Waals surface area contributed by atoms with E-state index in [1.165, 1.54) is 0 Å². The van der Waals surface area contributed by atoms with E-state index < -0.39 is 0 Å². The van der Waals surface area contributed by atoms with Gasteiger partial charge in [-0.05, 0) is 28.2 Å². The van der Waals surface area contributed by atoms with Gasteiger partial charge in [-0.1, -0.05) is 0 Å². The van der Waals surface area contributed by atoms with Crippen molar-refractivity contribution < 1.29 is 0 Å². The fourth-order valence-corrected chi connectivity index (χ4v) is 0.462. The minimum absolute atomic E-state index is 2.00. The van der Waals surface area contributed by atoms with E-state index in [2.05, 4.69) is 0 Å². The summed E-state index contributed by atoms with van der Waals surface area (Å²) in [5.74, 6) is 0. The normalized spacial score (nSPS) is 11.1. The molecule has 0 aliphatic heterocycles.